The van der Waals surface area contributed by atoms with Crippen molar-refractivity contribution in [2.24, 2.45) is 0 Å². The van der Waals surface area contributed by atoms with Crippen LogP contribution in [0.25, 0.3) is 0 Å². The van der Waals surface area contributed by atoms with E-state index in [9.17, 15) is 4.79 Å². The second-order valence-corrected chi connectivity index (χ2v) is 8.47. The first-order valence-electron chi connectivity index (χ1n) is 12.3. The Morgan fingerprint density at radius 3 is 1.72 bits per heavy atom. The summed E-state index contributed by atoms with van der Waals surface area (Å²) < 4.78 is 11.6. The van der Waals surface area contributed by atoms with Crippen molar-refractivity contribution in [2.45, 2.75) is 19.3 Å². The quantitative estimate of drug-likeness (QED) is 0.218. The molecule has 0 aliphatic rings. The molecule has 0 unspecified atom stereocenters. The Kier molecular flexibility index (Phi) is 9.39. The van der Waals surface area contributed by atoms with Gasteiger partial charge in [-0.05, 0) is 72.5 Å². The molecular weight excluding hydrogens is 448 g/mol. The number of carbonyl (C=O) groups is 1. The van der Waals surface area contributed by atoms with Gasteiger partial charge in [-0.15, -0.1) is 0 Å². The summed E-state index contributed by atoms with van der Waals surface area (Å²) in [5.74, 6) is 1.49. The predicted octanol–water partition coefficient (Wildman–Crippen LogP) is 6.37. The standard InChI is InChI=1S/C31H32N2O3/c34-31(24-32-27-13-17-30(18-14-27)36-23-21-26-10-5-2-6-11-26)33-28-15-19-29(20-16-28)35-22-7-12-25-8-3-1-4-9-25/h1-6,8-11,13-20,32H,7,12,21-24H2,(H,33,34). The third-order valence-corrected chi connectivity index (χ3v) is 5.67. The third kappa shape index (κ3) is 8.51. The van der Waals surface area contributed by atoms with E-state index < -0.39 is 0 Å². The minimum atomic E-state index is -0.116. The maximum absolute atomic E-state index is 12.3. The number of amides is 1. The number of rotatable bonds is 13. The summed E-state index contributed by atoms with van der Waals surface area (Å²) in [6.07, 6.45) is 2.81. The fraction of sp³-hybridized carbons (Fsp3) is 0.194. The summed E-state index contributed by atoms with van der Waals surface area (Å²) in [5, 5.41) is 6.04. The van der Waals surface area contributed by atoms with Crippen LogP contribution >= 0.6 is 0 Å². The molecule has 4 rings (SSSR count). The van der Waals surface area contributed by atoms with Gasteiger partial charge in [0.15, 0.2) is 0 Å². The van der Waals surface area contributed by atoms with Crippen LogP contribution in [0.15, 0.2) is 109 Å². The SMILES string of the molecule is O=C(CNc1ccc(OCCc2ccccc2)cc1)Nc1ccc(OCCCc2ccccc2)cc1. The third-order valence-electron chi connectivity index (χ3n) is 5.67. The highest BCUT2D eigenvalue weighted by Gasteiger charge is 2.04. The fourth-order valence-electron chi connectivity index (χ4n) is 3.73. The van der Waals surface area contributed by atoms with Crippen molar-refractivity contribution < 1.29 is 14.3 Å². The van der Waals surface area contributed by atoms with E-state index in [-0.39, 0.29) is 12.5 Å². The Labute approximate surface area is 213 Å². The van der Waals surface area contributed by atoms with Gasteiger partial charge < -0.3 is 20.1 Å². The summed E-state index contributed by atoms with van der Waals surface area (Å²) >= 11 is 0. The molecule has 0 saturated carbocycles. The summed E-state index contributed by atoms with van der Waals surface area (Å²) in [5.41, 5.74) is 4.17. The molecule has 0 spiro atoms. The molecular formula is C31H32N2O3. The summed E-state index contributed by atoms with van der Waals surface area (Å²) in [7, 11) is 0. The van der Waals surface area contributed by atoms with E-state index in [1.54, 1.807) is 0 Å². The second-order valence-electron chi connectivity index (χ2n) is 8.47. The van der Waals surface area contributed by atoms with E-state index in [4.69, 9.17) is 9.47 Å². The predicted molar refractivity (Wildman–Crippen MR) is 146 cm³/mol. The number of hydrogen-bond donors (Lipinski definition) is 2. The zero-order chi connectivity index (χ0) is 24.8. The van der Waals surface area contributed by atoms with E-state index in [1.165, 1.54) is 11.1 Å². The normalized spacial score (nSPS) is 10.4. The van der Waals surface area contributed by atoms with Crippen LogP contribution in [0.5, 0.6) is 11.5 Å². The van der Waals surface area contributed by atoms with Crippen molar-refractivity contribution >= 4 is 17.3 Å². The summed E-state index contributed by atoms with van der Waals surface area (Å²) in [6.45, 7) is 1.45. The van der Waals surface area contributed by atoms with E-state index in [0.717, 1.165) is 42.1 Å². The second kappa shape index (κ2) is 13.6. The average Bonchev–Trinajstić information content (AvgIpc) is 2.93. The van der Waals surface area contributed by atoms with Gasteiger partial charge in [-0.25, -0.2) is 0 Å². The molecule has 0 aliphatic carbocycles. The van der Waals surface area contributed by atoms with Crippen LogP contribution in [0.1, 0.15) is 17.5 Å². The number of anilines is 2. The lowest BCUT2D eigenvalue weighted by Crippen LogP contribution is -2.21. The van der Waals surface area contributed by atoms with Crippen molar-refractivity contribution in [2.75, 3.05) is 30.4 Å². The van der Waals surface area contributed by atoms with Crippen LogP contribution in [-0.4, -0.2) is 25.7 Å². The summed E-state index contributed by atoms with van der Waals surface area (Å²) in [6, 6.07) is 35.8. The Balaban J connectivity index is 1.12. The Hall–Kier alpha value is -4.25. The minimum Gasteiger partial charge on any atom is -0.494 e. The number of ether oxygens (including phenoxy) is 2. The van der Waals surface area contributed by atoms with E-state index >= 15 is 0 Å². The van der Waals surface area contributed by atoms with E-state index in [1.807, 2.05) is 72.8 Å². The van der Waals surface area contributed by atoms with Crippen molar-refractivity contribution in [3.63, 3.8) is 0 Å². The summed E-state index contributed by atoms with van der Waals surface area (Å²) in [4.78, 5) is 12.3. The molecule has 0 radical (unpaired) electrons. The molecule has 1 amide bonds. The smallest absolute Gasteiger partial charge is 0.243 e. The minimum absolute atomic E-state index is 0.116. The van der Waals surface area contributed by atoms with Crippen molar-refractivity contribution in [1.29, 1.82) is 0 Å². The number of nitrogens with one attached hydrogen (secondary N) is 2. The molecule has 2 N–H and O–H groups in total. The first-order valence-corrected chi connectivity index (χ1v) is 12.3. The molecule has 5 nitrogen and oxygen atoms in total. The molecule has 0 aliphatic heterocycles. The molecule has 0 atom stereocenters. The highest BCUT2D eigenvalue weighted by Crippen LogP contribution is 2.18. The van der Waals surface area contributed by atoms with Crippen molar-refractivity contribution in [3.8, 4) is 11.5 Å². The molecule has 0 heterocycles. The largest absolute Gasteiger partial charge is 0.494 e. The van der Waals surface area contributed by atoms with Crippen LogP contribution in [0.3, 0.4) is 0 Å². The van der Waals surface area contributed by atoms with Gasteiger partial charge >= 0.3 is 0 Å². The van der Waals surface area contributed by atoms with Crippen molar-refractivity contribution in [1.82, 2.24) is 0 Å². The van der Waals surface area contributed by atoms with E-state index in [2.05, 4.69) is 47.0 Å². The monoisotopic (exact) mass is 480 g/mol. The Morgan fingerprint density at radius 1 is 0.583 bits per heavy atom. The maximum atomic E-state index is 12.3. The van der Waals surface area contributed by atoms with Gasteiger partial charge in [0, 0.05) is 17.8 Å². The molecule has 0 aromatic heterocycles. The molecule has 4 aromatic carbocycles. The molecule has 0 fully saturated rings. The van der Waals surface area contributed by atoms with Crippen molar-refractivity contribution in [3.05, 3.63) is 120 Å². The highest BCUT2D eigenvalue weighted by molar-refractivity contribution is 5.93. The lowest BCUT2D eigenvalue weighted by atomic mass is 10.1. The van der Waals surface area contributed by atoms with Gasteiger partial charge in [-0.3, -0.25) is 4.79 Å². The molecule has 4 aromatic rings. The van der Waals surface area contributed by atoms with Crippen LogP contribution in [0.4, 0.5) is 11.4 Å². The van der Waals surface area contributed by atoms with Crippen LogP contribution < -0.4 is 20.1 Å². The number of benzene rings is 4. The van der Waals surface area contributed by atoms with Gasteiger partial charge in [0.1, 0.15) is 11.5 Å². The zero-order valence-electron chi connectivity index (χ0n) is 20.4. The molecule has 184 valence electrons. The lowest BCUT2D eigenvalue weighted by molar-refractivity contribution is -0.114. The maximum Gasteiger partial charge on any atom is 0.243 e. The van der Waals surface area contributed by atoms with Crippen LogP contribution in [0, 0.1) is 0 Å². The Morgan fingerprint density at radius 2 is 1.11 bits per heavy atom. The van der Waals surface area contributed by atoms with Gasteiger partial charge in [0.2, 0.25) is 5.91 Å². The van der Waals surface area contributed by atoms with E-state index in [0.29, 0.717) is 13.2 Å². The lowest BCUT2D eigenvalue weighted by Gasteiger charge is -2.10. The molecule has 36 heavy (non-hydrogen) atoms. The van der Waals surface area contributed by atoms with Crippen LogP contribution in [-0.2, 0) is 17.6 Å². The van der Waals surface area contributed by atoms with Gasteiger partial charge in [-0.2, -0.15) is 0 Å². The van der Waals surface area contributed by atoms with Gasteiger partial charge in [0.05, 0.1) is 19.8 Å². The number of carbonyl (C=O) groups excluding carboxylic acids is 1. The molecule has 5 heteroatoms. The zero-order valence-corrected chi connectivity index (χ0v) is 20.4. The highest BCUT2D eigenvalue weighted by atomic mass is 16.5. The first kappa shape index (κ1) is 24.9. The molecule has 0 bridgehead atoms. The number of aryl methyl sites for hydroxylation is 1. The average molecular weight is 481 g/mol. The number of hydrogen-bond acceptors (Lipinski definition) is 4. The van der Waals surface area contributed by atoms with Gasteiger partial charge in [0.25, 0.3) is 0 Å². The van der Waals surface area contributed by atoms with Crippen LogP contribution in [0.2, 0.25) is 0 Å². The van der Waals surface area contributed by atoms with Gasteiger partial charge in [-0.1, -0.05) is 60.7 Å². The Bertz CT molecular complexity index is 1180. The molecule has 0 saturated heterocycles. The topological polar surface area (TPSA) is 59.6 Å². The first-order chi connectivity index (χ1) is 17.7. The fourth-order valence-corrected chi connectivity index (χ4v) is 3.73.